The minimum absolute atomic E-state index is 0.00155. The van der Waals surface area contributed by atoms with Crippen LogP contribution in [-0.2, 0) is 4.79 Å². The van der Waals surface area contributed by atoms with Crippen LogP contribution in [0.1, 0.15) is 0 Å². The third kappa shape index (κ3) is 2.24. The first-order valence-corrected chi connectivity index (χ1v) is 4.48. The van der Waals surface area contributed by atoms with Gasteiger partial charge in [-0.2, -0.15) is 14.0 Å². The lowest BCUT2D eigenvalue weighted by Gasteiger charge is -2.33. The van der Waals surface area contributed by atoms with E-state index in [1.807, 2.05) is 0 Å². The maximum absolute atomic E-state index is 12.8. The summed E-state index contributed by atoms with van der Waals surface area (Å²) >= 11 is 0. The van der Waals surface area contributed by atoms with Crippen molar-refractivity contribution in [2.45, 2.75) is 18.4 Å². The minimum atomic E-state index is -4.73. The van der Waals surface area contributed by atoms with Gasteiger partial charge >= 0.3 is 12.3 Å². The number of piperazine rings is 1. The molecular weight excluding hydrogens is 230 g/mol. The second kappa shape index (κ2) is 4.65. The molecule has 1 unspecified atom stereocenters. The predicted molar refractivity (Wildman–Crippen MR) is 44.9 cm³/mol. The molecule has 1 N–H and O–H groups in total. The van der Waals surface area contributed by atoms with E-state index in [0.717, 1.165) is 0 Å². The Morgan fingerprint density at radius 3 is 2.69 bits per heavy atom. The Balaban J connectivity index is 2.83. The highest BCUT2D eigenvalue weighted by molar-refractivity contribution is 5.84. The van der Waals surface area contributed by atoms with E-state index in [4.69, 9.17) is 5.26 Å². The first-order chi connectivity index (χ1) is 7.41. The Hall–Kier alpha value is -1.36. The molecule has 1 amide bonds. The number of hydrogen-bond donors (Lipinski definition) is 1. The van der Waals surface area contributed by atoms with Crippen LogP contribution in [-0.4, -0.2) is 48.8 Å². The third-order valence-corrected chi connectivity index (χ3v) is 2.21. The molecule has 1 rings (SSSR count). The topological polar surface area (TPSA) is 56.1 Å². The molecule has 1 aliphatic heterocycles. The molecule has 8 heteroatoms. The van der Waals surface area contributed by atoms with Gasteiger partial charge in [0.1, 0.15) is 6.04 Å². The van der Waals surface area contributed by atoms with Crippen LogP contribution in [0.4, 0.5) is 17.6 Å². The zero-order chi connectivity index (χ0) is 12.3. The monoisotopic (exact) mass is 239 g/mol. The Bertz CT molecular complexity index is 315. The number of carbonyl (C=O) groups excluding carboxylic acids is 1. The third-order valence-electron chi connectivity index (χ3n) is 2.21. The summed E-state index contributed by atoms with van der Waals surface area (Å²) in [7, 11) is 0. The molecule has 0 aromatic heterocycles. The first-order valence-electron chi connectivity index (χ1n) is 4.48. The van der Waals surface area contributed by atoms with Gasteiger partial charge in [0.25, 0.3) is 5.91 Å². The average Bonchev–Trinajstić information content (AvgIpc) is 2.27. The lowest BCUT2D eigenvalue weighted by atomic mass is 10.1. The molecule has 0 spiro atoms. The molecule has 4 nitrogen and oxygen atoms in total. The quantitative estimate of drug-likeness (QED) is 0.701. The number of carbonyl (C=O) groups is 1. The van der Waals surface area contributed by atoms with Gasteiger partial charge in [0.2, 0.25) is 0 Å². The van der Waals surface area contributed by atoms with Crippen molar-refractivity contribution in [2.75, 3.05) is 19.6 Å². The van der Waals surface area contributed by atoms with Crippen molar-refractivity contribution in [1.82, 2.24) is 10.2 Å². The number of halogens is 4. The lowest BCUT2D eigenvalue weighted by Crippen LogP contribution is -2.58. The van der Waals surface area contributed by atoms with Gasteiger partial charge in [-0.1, -0.05) is 0 Å². The molecule has 0 aromatic rings. The van der Waals surface area contributed by atoms with Crippen LogP contribution in [0.5, 0.6) is 0 Å². The van der Waals surface area contributed by atoms with Crippen LogP contribution in [0.2, 0.25) is 0 Å². The van der Waals surface area contributed by atoms with Gasteiger partial charge in [0, 0.05) is 19.6 Å². The number of nitrogens with one attached hydrogen (secondary N) is 1. The SMILES string of the molecule is N#CC1CNCCN1C(=O)C(F)(F)C(F)F. The van der Waals surface area contributed by atoms with Crippen LogP contribution in [0, 0.1) is 11.3 Å². The van der Waals surface area contributed by atoms with E-state index < -0.39 is 24.3 Å². The average molecular weight is 239 g/mol. The number of nitrogens with zero attached hydrogens (tertiary/aromatic N) is 2. The fourth-order valence-electron chi connectivity index (χ4n) is 1.35. The molecule has 1 atom stereocenters. The molecule has 1 fully saturated rings. The van der Waals surface area contributed by atoms with Crippen molar-refractivity contribution >= 4 is 5.91 Å². The minimum Gasteiger partial charge on any atom is -0.319 e. The van der Waals surface area contributed by atoms with Gasteiger partial charge in [-0.05, 0) is 0 Å². The zero-order valence-corrected chi connectivity index (χ0v) is 8.09. The summed E-state index contributed by atoms with van der Waals surface area (Å²) in [5.41, 5.74) is 0. The van der Waals surface area contributed by atoms with E-state index in [9.17, 15) is 22.4 Å². The predicted octanol–water partition coefficient (Wildman–Crippen LogP) is 0.211. The summed E-state index contributed by atoms with van der Waals surface area (Å²) in [4.78, 5) is 11.6. The van der Waals surface area contributed by atoms with Crippen molar-refractivity contribution < 1.29 is 22.4 Å². The Kier molecular flexibility index (Phi) is 3.70. The summed E-state index contributed by atoms with van der Waals surface area (Å²) < 4.78 is 49.4. The standard InChI is InChI=1S/C8H9F4N3O/c9-6(10)8(11,12)7(16)15-2-1-14-4-5(15)3-13/h5-6,14H,1-2,4H2. The summed E-state index contributed by atoms with van der Waals surface area (Å²) in [5.74, 6) is -6.72. The van der Waals surface area contributed by atoms with Gasteiger partial charge in [0.15, 0.2) is 0 Å². The molecule has 0 saturated carbocycles. The second-order valence-electron chi connectivity index (χ2n) is 3.27. The molecule has 16 heavy (non-hydrogen) atoms. The number of hydrogen-bond acceptors (Lipinski definition) is 3. The van der Waals surface area contributed by atoms with Crippen LogP contribution in [0.25, 0.3) is 0 Å². The molecule has 0 bridgehead atoms. The smallest absolute Gasteiger partial charge is 0.319 e. The number of alkyl halides is 4. The van der Waals surface area contributed by atoms with E-state index in [1.165, 1.54) is 0 Å². The highest BCUT2D eigenvalue weighted by Gasteiger charge is 2.52. The van der Waals surface area contributed by atoms with Crippen molar-refractivity contribution in [3.05, 3.63) is 0 Å². The van der Waals surface area contributed by atoms with Crippen molar-refractivity contribution in [3.8, 4) is 6.07 Å². The molecule has 1 saturated heterocycles. The highest BCUT2D eigenvalue weighted by Crippen LogP contribution is 2.26. The van der Waals surface area contributed by atoms with E-state index in [1.54, 1.807) is 6.07 Å². The zero-order valence-electron chi connectivity index (χ0n) is 8.09. The largest absolute Gasteiger partial charge is 0.383 e. The van der Waals surface area contributed by atoms with E-state index in [-0.39, 0.29) is 19.6 Å². The van der Waals surface area contributed by atoms with Crippen LogP contribution in [0.15, 0.2) is 0 Å². The first kappa shape index (κ1) is 12.7. The molecule has 0 radical (unpaired) electrons. The van der Waals surface area contributed by atoms with Gasteiger partial charge in [-0.15, -0.1) is 0 Å². The number of nitriles is 1. The lowest BCUT2D eigenvalue weighted by molar-refractivity contribution is -0.182. The fraction of sp³-hybridized carbons (Fsp3) is 0.750. The van der Waals surface area contributed by atoms with Crippen LogP contribution < -0.4 is 5.32 Å². The van der Waals surface area contributed by atoms with Crippen molar-refractivity contribution in [3.63, 3.8) is 0 Å². The molecule has 0 aliphatic carbocycles. The maximum Gasteiger partial charge on any atom is 0.383 e. The maximum atomic E-state index is 12.8. The van der Waals surface area contributed by atoms with Crippen LogP contribution in [0.3, 0.4) is 0 Å². The molecule has 1 heterocycles. The van der Waals surface area contributed by atoms with Gasteiger partial charge in [0.05, 0.1) is 6.07 Å². The fourth-order valence-corrected chi connectivity index (χ4v) is 1.35. The number of rotatable bonds is 2. The number of amides is 1. The second-order valence-corrected chi connectivity index (χ2v) is 3.27. The van der Waals surface area contributed by atoms with Gasteiger partial charge in [-0.25, -0.2) is 8.78 Å². The van der Waals surface area contributed by atoms with Gasteiger partial charge < -0.3 is 10.2 Å². The van der Waals surface area contributed by atoms with E-state index >= 15 is 0 Å². The summed E-state index contributed by atoms with van der Waals surface area (Å²) in [5, 5.41) is 11.3. The van der Waals surface area contributed by atoms with Gasteiger partial charge in [-0.3, -0.25) is 4.79 Å². The Morgan fingerprint density at radius 1 is 1.56 bits per heavy atom. The Morgan fingerprint density at radius 2 is 2.19 bits per heavy atom. The van der Waals surface area contributed by atoms with Crippen LogP contribution >= 0.6 is 0 Å². The molecule has 1 aliphatic rings. The summed E-state index contributed by atoms with van der Waals surface area (Å²) in [6.07, 6.45) is -4.06. The molecular formula is C8H9F4N3O. The van der Waals surface area contributed by atoms with Crippen molar-refractivity contribution in [1.29, 1.82) is 5.26 Å². The summed E-state index contributed by atoms with van der Waals surface area (Å²) in [6, 6.07) is 0.477. The van der Waals surface area contributed by atoms with E-state index in [0.29, 0.717) is 4.90 Å². The molecule has 0 aromatic carbocycles. The normalized spacial score (nSPS) is 22.0. The molecule has 90 valence electrons. The summed E-state index contributed by atoms with van der Waals surface area (Å²) in [6.45, 7) is 0.0180. The Labute approximate surface area is 88.8 Å². The van der Waals surface area contributed by atoms with E-state index in [2.05, 4.69) is 5.32 Å². The highest BCUT2D eigenvalue weighted by atomic mass is 19.3. The van der Waals surface area contributed by atoms with Crippen molar-refractivity contribution in [2.24, 2.45) is 0 Å².